The lowest BCUT2D eigenvalue weighted by molar-refractivity contribution is 0.102. The van der Waals surface area contributed by atoms with E-state index in [1.807, 2.05) is 0 Å². The first-order valence-corrected chi connectivity index (χ1v) is 6.33. The molecule has 0 radical (unpaired) electrons. The maximum atomic E-state index is 13.9. The highest BCUT2D eigenvalue weighted by molar-refractivity contribution is 6.05. The van der Waals surface area contributed by atoms with Gasteiger partial charge in [0.15, 0.2) is 0 Å². The number of hydrogen-bond acceptors (Lipinski definition) is 2. The summed E-state index contributed by atoms with van der Waals surface area (Å²) in [6, 6.07) is 9.56. The Kier molecular flexibility index (Phi) is 3.06. The molecule has 0 saturated carbocycles. The summed E-state index contributed by atoms with van der Waals surface area (Å²) in [5, 5.41) is 2.61. The number of H-pyrrole nitrogens is 2. The molecular weight excluding hydrogens is 273 g/mol. The summed E-state index contributed by atoms with van der Waals surface area (Å²) in [4.78, 5) is 28.5. The quantitative estimate of drug-likeness (QED) is 0.676. The van der Waals surface area contributed by atoms with Crippen LogP contribution in [0.4, 0.5) is 10.1 Å². The molecule has 6 heteroatoms. The van der Waals surface area contributed by atoms with Crippen molar-refractivity contribution in [1.29, 1.82) is 0 Å². The van der Waals surface area contributed by atoms with Crippen LogP contribution in [-0.2, 0) is 0 Å². The lowest BCUT2D eigenvalue weighted by Crippen LogP contribution is -2.14. The van der Waals surface area contributed by atoms with Crippen LogP contribution in [0, 0.1) is 12.7 Å². The molecule has 0 atom stereocenters. The molecule has 3 N–H and O–H groups in total. The second kappa shape index (κ2) is 4.90. The molecule has 0 saturated heterocycles. The highest BCUT2D eigenvalue weighted by Gasteiger charge is 2.13. The summed E-state index contributed by atoms with van der Waals surface area (Å²) in [6.07, 6.45) is 0. The predicted molar refractivity (Wildman–Crippen MR) is 78.0 cm³/mol. The Balaban J connectivity index is 1.92. The first-order chi connectivity index (χ1) is 10.0. The smallest absolute Gasteiger partial charge is 0.322 e. The number of nitrogens with one attached hydrogen (secondary N) is 3. The number of carbonyl (C=O) groups is 1. The Morgan fingerprint density at radius 2 is 1.90 bits per heavy atom. The standard InChI is InChI=1S/C15H12FN3O2/c1-8-3-2-4-10(13(8)16)14(20)17-9-5-6-11-12(7-9)19-15(21)18-11/h2-7H,1H3,(H,17,20)(H2,18,19,21). The fraction of sp³-hybridized carbons (Fsp3) is 0.0667. The van der Waals surface area contributed by atoms with Crippen molar-refractivity contribution in [3.05, 3.63) is 63.8 Å². The zero-order valence-electron chi connectivity index (χ0n) is 11.2. The number of aryl methyl sites for hydroxylation is 1. The lowest BCUT2D eigenvalue weighted by atomic mass is 10.1. The molecule has 1 heterocycles. The Labute approximate surface area is 118 Å². The van der Waals surface area contributed by atoms with Gasteiger partial charge in [-0.15, -0.1) is 0 Å². The van der Waals surface area contributed by atoms with Crippen molar-refractivity contribution in [3.8, 4) is 0 Å². The number of anilines is 1. The predicted octanol–water partition coefficient (Wildman–Crippen LogP) is 2.56. The third-order valence-electron chi connectivity index (χ3n) is 3.21. The van der Waals surface area contributed by atoms with Crippen molar-refractivity contribution in [2.75, 3.05) is 5.32 Å². The van der Waals surface area contributed by atoms with E-state index < -0.39 is 11.7 Å². The summed E-state index contributed by atoms with van der Waals surface area (Å²) in [7, 11) is 0. The van der Waals surface area contributed by atoms with Crippen LogP contribution in [0.5, 0.6) is 0 Å². The summed E-state index contributed by atoms with van der Waals surface area (Å²) in [6.45, 7) is 1.60. The second-order valence-corrected chi connectivity index (χ2v) is 4.73. The van der Waals surface area contributed by atoms with E-state index in [1.54, 1.807) is 37.3 Å². The van der Waals surface area contributed by atoms with Gasteiger partial charge in [-0.25, -0.2) is 9.18 Å². The van der Waals surface area contributed by atoms with E-state index in [0.717, 1.165) is 0 Å². The van der Waals surface area contributed by atoms with Crippen molar-refractivity contribution in [1.82, 2.24) is 9.97 Å². The van der Waals surface area contributed by atoms with Crippen LogP contribution < -0.4 is 11.0 Å². The zero-order valence-corrected chi connectivity index (χ0v) is 11.2. The van der Waals surface area contributed by atoms with Crippen LogP contribution >= 0.6 is 0 Å². The van der Waals surface area contributed by atoms with Crippen LogP contribution in [0.2, 0.25) is 0 Å². The fourth-order valence-corrected chi connectivity index (χ4v) is 2.13. The van der Waals surface area contributed by atoms with Gasteiger partial charge >= 0.3 is 5.69 Å². The van der Waals surface area contributed by atoms with Gasteiger partial charge in [0, 0.05) is 5.69 Å². The molecule has 1 amide bonds. The number of fused-ring (bicyclic) bond motifs is 1. The van der Waals surface area contributed by atoms with Gasteiger partial charge in [-0.1, -0.05) is 12.1 Å². The molecule has 0 aliphatic rings. The first-order valence-electron chi connectivity index (χ1n) is 6.33. The van der Waals surface area contributed by atoms with E-state index in [-0.39, 0.29) is 11.3 Å². The average molecular weight is 285 g/mol. The number of aromatic nitrogens is 2. The van der Waals surface area contributed by atoms with Crippen LogP contribution in [-0.4, -0.2) is 15.9 Å². The molecule has 106 valence electrons. The summed E-state index contributed by atoms with van der Waals surface area (Å²) >= 11 is 0. The highest BCUT2D eigenvalue weighted by Crippen LogP contribution is 2.17. The largest absolute Gasteiger partial charge is 0.323 e. The van der Waals surface area contributed by atoms with Crippen molar-refractivity contribution in [2.24, 2.45) is 0 Å². The van der Waals surface area contributed by atoms with Crippen LogP contribution in [0.25, 0.3) is 11.0 Å². The molecule has 5 nitrogen and oxygen atoms in total. The van der Waals surface area contributed by atoms with Crippen LogP contribution in [0.1, 0.15) is 15.9 Å². The molecule has 2 aromatic carbocycles. The van der Waals surface area contributed by atoms with Gasteiger partial charge in [0.25, 0.3) is 5.91 Å². The number of hydrogen-bond donors (Lipinski definition) is 3. The number of imidazole rings is 1. The van der Waals surface area contributed by atoms with E-state index in [9.17, 15) is 14.0 Å². The SMILES string of the molecule is Cc1cccc(C(=O)Nc2ccc3[nH]c(=O)[nH]c3c2)c1F. The Morgan fingerprint density at radius 3 is 2.71 bits per heavy atom. The monoisotopic (exact) mass is 285 g/mol. The Hall–Kier alpha value is -2.89. The third kappa shape index (κ3) is 2.43. The van der Waals surface area contributed by atoms with E-state index in [4.69, 9.17) is 0 Å². The van der Waals surface area contributed by atoms with Gasteiger partial charge in [0.2, 0.25) is 0 Å². The molecule has 0 bridgehead atoms. The zero-order chi connectivity index (χ0) is 15.0. The Bertz CT molecular complexity index is 895. The van der Waals surface area contributed by atoms with Crippen molar-refractivity contribution >= 4 is 22.6 Å². The van der Waals surface area contributed by atoms with E-state index in [0.29, 0.717) is 22.3 Å². The topological polar surface area (TPSA) is 77.8 Å². The fourth-order valence-electron chi connectivity index (χ4n) is 2.13. The number of benzene rings is 2. The third-order valence-corrected chi connectivity index (χ3v) is 3.21. The average Bonchev–Trinajstić information content (AvgIpc) is 2.81. The van der Waals surface area contributed by atoms with Gasteiger partial charge in [0.05, 0.1) is 16.6 Å². The minimum absolute atomic E-state index is 0.0161. The van der Waals surface area contributed by atoms with Crippen molar-refractivity contribution in [2.45, 2.75) is 6.92 Å². The molecule has 0 spiro atoms. The van der Waals surface area contributed by atoms with Crippen LogP contribution in [0.15, 0.2) is 41.2 Å². The number of amides is 1. The molecule has 0 fully saturated rings. The second-order valence-electron chi connectivity index (χ2n) is 4.73. The molecule has 0 aliphatic heterocycles. The molecule has 3 aromatic rings. The maximum absolute atomic E-state index is 13.9. The van der Waals surface area contributed by atoms with Gasteiger partial charge in [-0.3, -0.25) is 4.79 Å². The van der Waals surface area contributed by atoms with Crippen LogP contribution in [0.3, 0.4) is 0 Å². The minimum Gasteiger partial charge on any atom is -0.322 e. The molecular formula is C15H12FN3O2. The lowest BCUT2D eigenvalue weighted by Gasteiger charge is -2.07. The number of halogens is 1. The van der Waals surface area contributed by atoms with Gasteiger partial charge in [-0.05, 0) is 36.8 Å². The first kappa shape index (κ1) is 13.1. The highest BCUT2D eigenvalue weighted by atomic mass is 19.1. The normalized spacial score (nSPS) is 10.8. The van der Waals surface area contributed by atoms with Gasteiger partial charge in [0.1, 0.15) is 5.82 Å². The molecule has 1 aromatic heterocycles. The minimum atomic E-state index is -0.536. The summed E-state index contributed by atoms with van der Waals surface area (Å²) in [5.41, 5.74) is 1.76. The molecule has 0 unspecified atom stereocenters. The van der Waals surface area contributed by atoms with E-state index >= 15 is 0 Å². The molecule has 21 heavy (non-hydrogen) atoms. The molecule has 3 rings (SSSR count). The van der Waals surface area contributed by atoms with Gasteiger partial charge in [-0.2, -0.15) is 0 Å². The van der Waals surface area contributed by atoms with Crippen molar-refractivity contribution < 1.29 is 9.18 Å². The summed E-state index contributed by atoms with van der Waals surface area (Å²) in [5.74, 6) is -1.07. The maximum Gasteiger partial charge on any atom is 0.323 e. The van der Waals surface area contributed by atoms with E-state index in [1.165, 1.54) is 6.07 Å². The Morgan fingerprint density at radius 1 is 1.14 bits per heavy atom. The number of carbonyl (C=O) groups excluding carboxylic acids is 1. The molecule has 0 aliphatic carbocycles. The number of rotatable bonds is 2. The summed E-state index contributed by atoms with van der Waals surface area (Å²) < 4.78 is 13.9. The van der Waals surface area contributed by atoms with Gasteiger partial charge < -0.3 is 15.3 Å². The van der Waals surface area contributed by atoms with E-state index in [2.05, 4.69) is 15.3 Å². The van der Waals surface area contributed by atoms with Crippen molar-refractivity contribution in [3.63, 3.8) is 0 Å². The number of aromatic amines is 2.